The molecule has 0 aromatic heterocycles. The van der Waals surface area contributed by atoms with Crippen molar-refractivity contribution >= 4 is 27.5 Å². The van der Waals surface area contributed by atoms with Crippen molar-refractivity contribution < 1.29 is 32.2 Å². The molecule has 0 radical (unpaired) electrons. The van der Waals surface area contributed by atoms with Crippen LogP contribution >= 0.6 is 0 Å². The van der Waals surface area contributed by atoms with Crippen molar-refractivity contribution in [2.75, 3.05) is 32.1 Å². The highest BCUT2D eigenvalue weighted by molar-refractivity contribution is 7.89. The van der Waals surface area contributed by atoms with E-state index in [1.165, 1.54) is 19.2 Å². The van der Waals surface area contributed by atoms with Crippen molar-refractivity contribution in [1.29, 1.82) is 0 Å². The van der Waals surface area contributed by atoms with E-state index < -0.39 is 28.0 Å². The van der Waals surface area contributed by atoms with Crippen LogP contribution in [0.1, 0.15) is 32.3 Å². The lowest BCUT2D eigenvalue weighted by Gasteiger charge is -2.33. The number of aliphatic hydroxyl groups excluding tert-OH is 1. The van der Waals surface area contributed by atoms with Crippen LogP contribution < -0.4 is 10.1 Å². The van der Waals surface area contributed by atoms with Crippen molar-refractivity contribution in [2.45, 2.75) is 50.2 Å². The maximum Gasteiger partial charge on any atom is 0.242 e. The molecule has 2 aromatic carbocycles. The van der Waals surface area contributed by atoms with Crippen molar-refractivity contribution in [1.82, 2.24) is 9.21 Å². The van der Waals surface area contributed by atoms with Gasteiger partial charge in [0, 0.05) is 36.7 Å². The van der Waals surface area contributed by atoms with E-state index in [9.17, 15) is 27.5 Å². The Balaban J connectivity index is 1.64. The highest BCUT2D eigenvalue weighted by atomic mass is 32.2. The van der Waals surface area contributed by atoms with Gasteiger partial charge in [-0.05, 0) is 62.2 Å². The van der Waals surface area contributed by atoms with E-state index in [1.807, 2.05) is 6.92 Å². The van der Waals surface area contributed by atoms with Crippen molar-refractivity contribution in [2.24, 2.45) is 11.8 Å². The summed E-state index contributed by atoms with van der Waals surface area (Å²) in [5, 5.41) is 12.7. The maximum atomic E-state index is 13.4. The van der Waals surface area contributed by atoms with E-state index in [4.69, 9.17) is 4.74 Å². The van der Waals surface area contributed by atoms with Crippen LogP contribution in [0.15, 0.2) is 47.4 Å². The highest BCUT2D eigenvalue weighted by Crippen LogP contribution is 2.33. The van der Waals surface area contributed by atoms with Crippen LogP contribution in [0.5, 0.6) is 5.75 Å². The molecule has 4 rings (SSSR count). The fourth-order valence-corrected chi connectivity index (χ4v) is 5.64. The van der Waals surface area contributed by atoms with Gasteiger partial charge in [-0.1, -0.05) is 6.92 Å². The van der Waals surface area contributed by atoms with Gasteiger partial charge >= 0.3 is 0 Å². The topological polar surface area (TPSA) is 116 Å². The van der Waals surface area contributed by atoms with E-state index in [0.29, 0.717) is 17.0 Å². The Kier molecular flexibility index (Phi) is 8.39. The molecule has 1 fully saturated rings. The molecule has 1 aliphatic heterocycles. The molecule has 1 heterocycles. The van der Waals surface area contributed by atoms with Crippen LogP contribution in [0.2, 0.25) is 0 Å². The van der Waals surface area contributed by atoms with Gasteiger partial charge in [0.15, 0.2) is 0 Å². The van der Waals surface area contributed by atoms with Gasteiger partial charge in [0.05, 0.1) is 30.5 Å². The summed E-state index contributed by atoms with van der Waals surface area (Å²) < 4.78 is 47.2. The molecule has 3 atom stereocenters. The number of aliphatic hydroxyl groups is 1. The largest absolute Gasteiger partial charge is 0.488 e. The van der Waals surface area contributed by atoms with Crippen LogP contribution in [0, 0.1) is 17.7 Å². The normalized spacial score (nSPS) is 21.1. The molecule has 0 spiro atoms. The Hall–Kier alpha value is -3.02. The van der Waals surface area contributed by atoms with Gasteiger partial charge in [-0.3, -0.25) is 9.59 Å². The molecule has 1 aliphatic carbocycles. The zero-order valence-corrected chi connectivity index (χ0v) is 22.6. The fraction of sp³-hybridized carbons (Fsp3) is 0.481. The van der Waals surface area contributed by atoms with E-state index >= 15 is 0 Å². The number of ether oxygens (including phenoxy) is 1. The lowest BCUT2D eigenvalue weighted by molar-refractivity contribution is -0.134. The quantitative estimate of drug-likeness (QED) is 0.525. The van der Waals surface area contributed by atoms with Gasteiger partial charge in [0.1, 0.15) is 17.7 Å². The number of amides is 2. The summed E-state index contributed by atoms with van der Waals surface area (Å²) in [6.45, 7) is 3.59. The standard InChI is InChI=1S/C27H34FN3O6S/c1-17-14-31(18(2)16-32)26(33)13-20-12-22(29-27(34)19-4-5-19)8-11-24(20)37-25(17)15-30(3)38(35,36)23-9-6-21(28)7-10-23/h6-12,17-19,25,32H,4-5,13-16H2,1-3H3,(H,29,34)/t17-,18-,25+/m1/s1. The second kappa shape index (κ2) is 11.4. The van der Waals surface area contributed by atoms with E-state index in [1.54, 1.807) is 30.0 Å². The van der Waals surface area contributed by atoms with Crippen molar-refractivity contribution in [3.8, 4) is 5.75 Å². The molecule has 11 heteroatoms. The first-order chi connectivity index (χ1) is 18.0. The molecule has 206 valence electrons. The number of sulfonamides is 1. The third kappa shape index (κ3) is 6.33. The number of anilines is 1. The molecule has 2 aromatic rings. The monoisotopic (exact) mass is 547 g/mol. The molecule has 0 saturated heterocycles. The van der Waals surface area contributed by atoms with E-state index in [-0.39, 0.29) is 54.7 Å². The van der Waals surface area contributed by atoms with Crippen LogP contribution in [0.3, 0.4) is 0 Å². The Morgan fingerprint density at radius 1 is 1.24 bits per heavy atom. The number of fused-ring (bicyclic) bond motifs is 1. The van der Waals surface area contributed by atoms with Crippen LogP contribution in [0.25, 0.3) is 0 Å². The smallest absolute Gasteiger partial charge is 0.242 e. The van der Waals surface area contributed by atoms with Gasteiger partial charge in [-0.2, -0.15) is 4.31 Å². The van der Waals surface area contributed by atoms with Crippen LogP contribution in [-0.4, -0.2) is 73.4 Å². The van der Waals surface area contributed by atoms with Crippen molar-refractivity contribution in [3.05, 3.63) is 53.8 Å². The Labute approximate surface area is 222 Å². The summed E-state index contributed by atoms with van der Waals surface area (Å²) in [5.74, 6) is -0.670. The number of likely N-dealkylation sites (N-methyl/N-ethyl adjacent to an activating group) is 1. The second-order valence-electron chi connectivity index (χ2n) is 10.2. The average molecular weight is 548 g/mol. The minimum atomic E-state index is -3.94. The minimum absolute atomic E-state index is 0.00400. The minimum Gasteiger partial charge on any atom is -0.488 e. The lowest BCUT2D eigenvalue weighted by atomic mass is 10.0. The van der Waals surface area contributed by atoms with E-state index in [2.05, 4.69) is 5.32 Å². The molecular formula is C27H34FN3O6S. The fourth-order valence-electron chi connectivity index (χ4n) is 4.45. The molecule has 9 nitrogen and oxygen atoms in total. The number of rotatable bonds is 8. The summed E-state index contributed by atoms with van der Waals surface area (Å²) >= 11 is 0. The number of hydrogen-bond donors (Lipinski definition) is 2. The number of nitrogens with one attached hydrogen (secondary N) is 1. The lowest BCUT2D eigenvalue weighted by Crippen LogP contribution is -2.48. The van der Waals surface area contributed by atoms with Gasteiger partial charge in [-0.15, -0.1) is 0 Å². The highest BCUT2D eigenvalue weighted by Gasteiger charge is 2.34. The van der Waals surface area contributed by atoms with Gasteiger partial charge in [-0.25, -0.2) is 12.8 Å². The molecule has 38 heavy (non-hydrogen) atoms. The zero-order chi connectivity index (χ0) is 27.6. The average Bonchev–Trinajstić information content (AvgIpc) is 3.72. The Morgan fingerprint density at radius 3 is 2.55 bits per heavy atom. The van der Waals surface area contributed by atoms with Crippen LogP contribution in [0.4, 0.5) is 10.1 Å². The third-order valence-electron chi connectivity index (χ3n) is 7.09. The summed E-state index contributed by atoms with van der Waals surface area (Å²) in [4.78, 5) is 27.1. The Morgan fingerprint density at radius 2 is 1.92 bits per heavy atom. The third-order valence-corrected chi connectivity index (χ3v) is 8.93. The predicted octanol–water partition coefficient (Wildman–Crippen LogP) is 2.64. The number of hydrogen-bond acceptors (Lipinski definition) is 6. The maximum absolute atomic E-state index is 13.4. The molecule has 2 amide bonds. The van der Waals surface area contributed by atoms with Gasteiger partial charge in [0.25, 0.3) is 0 Å². The summed E-state index contributed by atoms with van der Waals surface area (Å²) in [7, 11) is -2.51. The predicted molar refractivity (Wildman–Crippen MR) is 140 cm³/mol. The zero-order valence-electron chi connectivity index (χ0n) is 21.8. The van der Waals surface area contributed by atoms with Crippen molar-refractivity contribution in [3.63, 3.8) is 0 Å². The summed E-state index contributed by atoms with van der Waals surface area (Å²) in [5.41, 5.74) is 1.11. The first-order valence-electron chi connectivity index (χ1n) is 12.7. The molecular weight excluding hydrogens is 513 g/mol. The first-order valence-corrected chi connectivity index (χ1v) is 14.2. The first kappa shape index (κ1) is 28.0. The number of nitrogens with zero attached hydrogens (tertiary/aromatic N) is 2. The Bertz CT molecular complexity index is 1280. The number of halogens is 1. The summed E-state index contributed by atoms with van der Waals surface area (Å²) in [6.07, 6.45) is 1.07. The van der Waals surface area contributed by atoms with Crippen LogP contribution in [-0.2, 0) is 26.0 Å². The molecule has 2 N–H and O–H groups in total. The van der Waals surface area contributed by atoms with Gasteiger partial charge in [0.2, 0.25) is 21.8 Å². The molecule has 1 saturated carbocycles. The van der Waals surface area contributed by atoms with E-state index in [0.717, 1.165) is 29.3 Å². The molecule has 2 aliphatic rings. The summed E-state index contributed by atoms with van der Waals surface area (Å²) in [6, 6.07) is 9.26. The number of benzene rings is 2. The second-order valence-corrected chi connectivity index (χ2v) is 12.3. The van der Waals surface area contributed by atoms with Gasteiger partial charge < -0.3 is 20.1 Å². The molecule has 0 unspecified atom stereocenters. The number of carbonyl (C=O) groups excluding carboxylic acids is 2. The SMILES string of the molecule is C[C@@H]1CN([C@H](C)CO)C(=O)Cc2cc(NC(=O)C3CC3)ccc2O[C@H]1CN(C)S(=O)(=O)c1ccc(F)cc1. The number of carbonyl (C=O) groups is 2. The molecule has 0 bridgehead atoms.